The molecule has 0 saturated carbocycles. The lowest BCUT2D eigenvalue weighted by Crippen LogP contribution is -2.45. The summed E-state index contributed by atoms with van der Waals surface area (Å²) in [6.45, 7) is 3.49. The Bertz CT molecular complexity index is 770. The van der Waals surface area contributed by atoms with Crippen molar-refractivity contribution in [2.24, 2.45) is 0 Å². The Kier molecular flexibility index (Phi) is 3.17. The molecule has 3 aliphatic heterocycles. The predicted molar refractivity (Wildman–Crippen MR) is 96.6 cm³/mol. The summed E-state index contributed by atoms with van der Waals surface area (Å²) in [6, 6.07) is 13.7. The number of halogens is 1. The Labute approximate surface area is 142 Å². The van der Waals surface area contributed by atoms with E-state index >= 15 is 0 Å². The van der Waals surface area contributed by atoms with Crippen LogP contribution >= 0.6 is 11.6 Å². The number of rotatable bonds is 1. The molecule has 2 nitrogen and oxygen atoms in total. The number of nitrogens with zero attached hydrogens (tertiary/aromatic N) is 1. The Hall–Kier alpha value is -1.51. The second-order valence-electron chi connectivity index (χ2n) is 7.02. The number of benzene rings is 2. The van der Waals surface area contributed by atoms with Gasteiger partial charge in [-0.1, -0.05) is 29.8 Å². The van der Waals surface area contributed by atoms with Crippen molar-refractivity contribution in [2.75, 3.05) is 24.5 Å². The standard InChI is InChI=1S/C20H21ClN2/c21-18-6-2-1-5-15(18)14-10-13-4-3-9-23-19-7-8-22-12-17(19)16(11-14)20(13)23/h1-2,5-6,10-11,17,19,22H,3-4,7-9,12H2/t17-,19-/m0/s1. The lowest BCUT2D eigenvalue weighted by molar-refractivity contribution is 0.400. The molecule has 1 N–H and O–H groups in total. The van der Waals surface area contributed by atoms with Crippen molar-refractivity contribution in [1.82, 2.24) is 5.32 Å². The third-order valence-electron chi connectivity index (χ3n) is 5.78. The SMILES string of the molecule is Clc1ccccc1-c1cc2c3c(c1)[C@@H]1CNCC[C@@H]1N3CCC2. The van der Waals surface area contributed by atoms with Crippen LogP contribution in [0.4, 0.5) is 5.69 Å². The fourth-order valence-corrected chi connectivity index (χ4v) is 5.06. The van der Waals surface area contributed by atoms with Gasteiger partial charge >= 0.3 is 0 Å². The summed E-state index contributed by atoms with van der Waals surface area (Å²) in [5, 5.41) is 4.45. The van der Waals surface area contributed by atoms with Gasteiger partial charge in [0.05, 0.1) is 0 Å². The van der Waals surface area contributed by atoms with E-state index in [-0.39, 0.29) is 0 Å². The fourth-order valence-electron chi connectivity index (χ4n) is 4.81. The van der Waals surface area contributed by atoms with Gasteiger partial charge in [-0.2, -0.15) is 0 Å². The van der Waals surface area contributed by atoms with Crippen molar-refractivity contribution in [3.63, 3.8) is 0 Å². The van der Waals surface area contributed by atoms with E-state index in [0.717, 1.165) is 23.7 Å². The van der Waals surface area contributed by atoms with E-state index < -0.39 is 0 Å². The van der Waals surface area contributed by atoms with Crippen LogP contribution in [0.1, 0.15) is 29.9 Å². The lowest BCUT2D eigenvalue weighted by Gasteiger charge is -2.36. The number of nitrogens with one attached hydrogen (secondary N) is 1. The van der Waals surface area contributed by atoms with E-state index in [1.807, 2.05) is 12.1 Å². The first-order chi connectivity index (χ1) is 11.3. The summed E-state index contributed by atoms with van der Waals surface area (Å²) < 4.78 is 0. The molecule has 5 rings (SSSR count). The number of hydrogen-bond acceptors (Lipinski definition) is 2. The van der Waals surface area contributed by atoms with Crippen LogP contribution in [0.15, 0.2) is 36.4 Å². The Balaban J connectivity index is 1.70. The number of piperidine rings is 1. The second-order valence-corrected chi connectivity index (χ2v) is 7.42. The third-order valence-corrected chi connectivity index (χ3v) is 6.11. The molecule has 2 atom stereocenters. The highest BCUT2D eigenvalue weighted by Gasteiger charge is 2.42. The number of hydrogen-bond donors (Lipinski definition) is 1. The summed E-state index contributed by atoms with van der Waals surface area (Å²) in [7, 11) is 0. The van der Waals surface area contributed by atoms with Gasteiger partial charge in [0.1, 0.15) is 0 Å². The average Bonchev–Trinajstić information content (AvgIpc) is 2.92. The first-order valence-electron chi connectivity index (χ1n) is 8.72. The zero-order chi connectivity index (χ0) is 15.4. The van der Waals surface area contributed by atoms with Crippen LogP contribution in [0.2, 0.25) is 5.02 Å². The Morgan fingerprint density at radius 3 is 3.00 bits per heavy atom. The zero-order valence-corrected chi connectivity index (χ0v) is 13.9. The van der Waals surface area contributed by atoms with Crippen molar-refractivity contribution in [3.8, 4) is 11.1 Å². The maximum atomic E-state index is 6.46. The van der Waals surface area contributed by atoms with Gasteiger partial charge in [-0.3, -0.25) is 0 Å². The van der Waals surface area contributed by atoms with Gasteiger partial charge in [0.25, 0.3) is 0 Å². The summed E-state index contributed by atoms with van der Waals surface area (Å²) in [6.07, 6.45) is 3.74. The largest absolute Gasteiger partial charge is 0.367 e. The fraction of sp³-hybridized carbons (Fsp3) is 0.400. The summed E-state index contributed by atoms with van der Waals surface area (Å²) in [4.78, 5) is 2.70. The number of fused-ring (bicyclic) bond motifs is 3. The molecule has 3 heteroatoms. The normalized spacial score (nSPS) is 25.2. The maximum absolute atomic E-state index is 6.46. The van der Waals surface area contributed by atoms with Crippen LogP contribution in [0.3, 0.4) is 0 Å². The monoisotopic (exact) mass is 324 g/mol. The van der Waals surface area contributed by atoms with Crippen molar-refractivity contribution in [2.45, 2.75) is 31.2 Å². The minimum Gasteiger partial charge on any atom is -0.367 e. The van der Waals surface area contributed by atoms with Crippen LogP contribution in [0.25, 0.3) is 11.1 Å². The molecule has 23 heavy (non-hydrogen) atoms. The molecule has 1 fully saturated rings. The van der Waals surface area contributed by atoms with Crippen LogP contribution in [0, 0.1) is 0 Å². The van der Waals surface area contributed by atoms with E-state index in [1.54, 1.807) is 11.3 Å². The lowest BCUT2D eigenvalue weighted by atomic mass is 9.87. The molecule has 118 valence electrons. The molecule has 0 aromatic heterocycles. The quantitative estimate of drug-likeness (QED) is 0.845. The highest BCUT2D eigenvalue weighted by atomic mass is 35.5. The molecule has 3 aliphatic rings. The molecule has 0 spiro atoms. The van der Waals surface area contributed by atoms with E-state index in [9.17, 15) is 0 Å². The molecule has 0 amide bonds. The van der Waals surface area contributed by atoms with E-state index in [0.29, 0.717) is 12.0 Å². The molecule has 0 radical (unpaired) electrons. The minimum atomic E-state index is 0.637. The van der Waals surface area contributed by atoms with Crippen molar-refractivity contribution in [1.29, 1.82) is 0 Å². The van der Waals surface area contributed by atoms with Gasteiger partial charge in [0.15, 0.2) is 0 Å². The minimum absolute atomic E-state index is 0.637. The maximum Gasteiger partial charge on any atom is 0.0484 e. The molecule has 1 saturated heterocycles. The van der Waals surface area contributed by atoms with E-state index in [1.165, 1.54) is 36.9 Å². The van der Waals surface area contributed by atoms with Crippen molar-refractivity contribution >= 4 is 17.3 Å². The van der Waals surface area contributed by atoms with Crippen LogP contribution in [0.5, 0.6) is 0 Å². The van der Waals surface area contributed by atoms with E-state index in [4.69, 9.17) is 11.6 Å². The highest BCUT2D eigenvalue weighted by molar-refractivity contribution is 6.33. The topological polar surface area (TPSA) is 15.3 Å². The van der Waals surface area contributed by atoms with E-state index in [2.05, 4.69) is 34.5 Å². The van der Waals surface area contributed by atoms with Gasteiger partial charge in [0, 0.05) is 41.3 Å². The predicted octanol–water partition coefficient (Wildman–Crippen LogP) is 4.22. The van der Waals surface area contributed by atoms with Gasteiger partial charge in [-0.05, 0) is 60.7 Å². The summed E-state index contributed by atoms with van der Waals surface area (Å²) in [5.74, 6) is 0.637. The molecule has 3 heterocycles. The van der Waals surface area contributed by atoms with Crippen molar-refractivity contribution in [3.05, 3.63) is 52.5 Å². The molecule has 0 bridgehead atoms. The number of anilines is 1. The van der Waals surface area contributed by atoms with Crippen LogP contribution in [-0.2, 0) is 6.42 Å². The molecule has 0 unspecified atom stereocenters. The zero-order valence-electron chi connectivity index (χ0n) is 13.2. The first-order valence-corrected chi connectivity index (χ1v) is 9.10. The van der Waals surface area contributed by atoms with Crippen LogP contribution < -0.4 is 10.2 Å². The van der Waals surface area contributed by atoms with Gasteiger partial charge < -0.3 is 10.2 Å². The second kappa shape index (κ2) is 5.25. The Morgan fingerprint density at radius 2 is 2.09 bits per heavy atom. The third kappa shape index (κ3) is 2.05. The molecular weight excluding hydrogens is 304 g/mol. The molecule has 2 aromatic rings. The van der Waals surface area contributed by atoms with Crippen molar-refractivity contribution < 1.29 is 0 Å². The number of aryl methyl sites for hydroxylation is 1. The summed E-state index contributed by atoms with van der Waals surface area (Å²) in [5.41, 5.74) is 7.08. The average molecular weight is 325 g/mol. The Morgan fingerprint density at radius 1 is 1.17 bits per heavy atom. The first kappa shape index (κ1) is 13.9. The van der Waals surface area contributed by atoms with Crippen LogP contribution in [-0.4, -0.2) is 25.7 Å². The summed E-state index contributed by atoms with van der Waals surface area (Å²) >= 11 is 6.46. The smallest absolute Gasteiger partial charge is 0.0484 e. The van der Waals surface area contributed by atoms with Gasteiger partial charge in [-0.15, -0.1) is 0 Å². The highest BCUT2D eigenvalue weighted by Crippen LogP contribution is 2.49. The van der Waals surface area contributed by atoms with Gasteiger partial charge in [-0.25, -0.2) is 0 Å². The molecule has 0 aliphatic carbocycles. The molecule has 2 aromatic carbocycles. The molecular formula is C20H21ClN2. The van der Waals surface area contributed by atoms with Gasteiger partial charge in [0.2, 0.25) is 0 Å².